The van der Waals surface area contributed by atoms with Crippen molar-refractivity contribution in [3.63, 3.8) is 0 Å². The van der Waals surface area contributed by atoms with Gasteiger partial charge in [0.05, 0.1) is 12.7 Å². The monoisotopic (exact) mass is 378 g/mol. The van der Waals surface area contributed by atoms with E-state index in [0.29, 0.717) is 13.0 Å². The van der Waals surface area contributed by atoms with Gasteiger partial charge in [0.2, 0.25) is 0 Å². The molecule has 0 rings (SSSR count). The highest BCUT2D eigenvalue weighted by atomic mass is 31.1. The SMILES string of the molecule is CCC(C)(OC(C)(C)C)[P+](=O)OCCCCCCCCCCNOC. The lowest BCUT2D eigenvalue weighted by atomic mass is 10.1. The summed E-state index contributed by atoms with van der Waals surface area (Å²) in [5.41, 5.74) is 2.54. The maximum Gasteiger partial charge on any atom is 0.543 e. The Hall–Kier alpha value is -0.0600. The number of rotatable bonds is 16. The van der Waals surface area contributed by atoms with E-state index in [-0.39, 0.29) is 5.60 Å². The Balaban J connectivity index is 3.65. The summed E-state index contributed by atoms with van der Waals surface area (Å²) in [6.45, 7) is 11.3. The normalized spacial score (nSPS) is 15.2. The summed E-state index contributed by atoms with van der Waals surface area (Å²) >= 11 is 0. The third-order valence-corrected chi connectivity index (χ3v) is 5.69. The highest BCUT2D eigenvalue weighted by Gasteiger charge is 2.49. The molecule has 0 saturated heterocycles. The van der Waals surface area contributed by atoms with Gasteiger partial charge in [-0.25, -0.2) is 5.48 Å². The highest BCUT2D eigenvalue weighted by molar-refractivity contribution is 7.40. The van der Waals surface area contributed by atoms with Crippen LogP contribution in [0.2, 0.25) is 0 Å². The molecule has 0 aliphatic carbocycles. The Morgan fingerprint density at radius 3 is 1.88 bits per heavy atom. The summed E-state index contributed by atoms with van der Waals surface area (Å²) in [5, 5.41) is -0.703. The Labute approximate surface area is 156 Å². The van der Waals surface area contributed by atoms with Gasteiger partial charge < -0.3 is 9.57 Å². The quantitative estimate of drug-likeness (QED) is 0.204. The van der Waals surface area contributed by atoms with Crippen LogP contribution in [0.3, 0.4) is 0 Å². The second kappa shape index (κ2) is 14.1. The van der Waals surface area contributed by atoms with Crippen LogP contribution in [0.1, 0.15) is 92.4 Å². The highest BCUT2D eigenvalue weighted by Crippen LogP contribution is 2.45. The van der Waals surface area contributed by atoms with Crippen LogP contribution in [0.5, 0.6) is 0 Å². The molecule has 0 aromatic carbocycles. The first-order chi connectivity index (χ1) is 11.7. The largest absolute Gasteiger partial charge is 0.543 e. The minimum Gasteiger partial charge on any atom is -0.325 e. The lowest BCUT2D eigenvalue weighted by molar-refractivity contribution is -0.0820. The fourth-order valence-electron chi connectivity index (χ4n) is 2.64. The van der Waals surface area contributed by atoms with Crippen LogP contribution >= 0.6 is 8.03 Å². The molecule has 1 N–H and O–H groups in total. The van der Waals surface area contributed by atoms with Gasteiger partial charge in [-0.1, -0.05) is 45.4 Å². The Kier molecular flexibility index (Phi) is 14.0. The van der Waals surface area contributed by atoms with Crippen LogP contribution in [0, 0.1) is 0 Å². The van der Waals surface area contributed by atoms with Crippen LogP contribution in [0.4, 0.5) is 0 Å². The topological polar surface area (TPSA) is 56.8 Å². The van der Waals surface area contributed by atoms with Crippen molar-refractivity contribution in [3.8, 4) is 0 Å². The van der Waals surface area contributed by atoms with E-state index in [1.54, 1.807) is 7.11 Å². The lowest BCUT2D eigenvalue weighted by Gasteiger charge is -2.27. The second-order valence-corrected chi connectivity index (χ2v) is 9.48. The predicted molar refractivity (Wildman–Crippen MR) is 105 cm³/mol. The van der Waals surface area contributed by atoms with Crippen molar-refractivity contribution in [1.29, 1.82) is 0 Å². The first-order valence-corrected chi connectivity index (χ1v) is 11.0. The van der Waals surface area contributed by atoms with Crippen molar-refractivity contribution in [2.75, 3.05) is 20.3 Å². The molecular formula is C19H41NO4P+. The smallest absolute Gasteiger partial charge is 0.325 e. The van der Waals surface area contributed by atoms with E-state index >= 15 is 0 Å². The minimum absolute atomic E-state index is 0.321. The predicted octanol–water partition coefficient (Wildman–Crippen LogP) is 5.96. The number of hydrogen-bond donors (Lipinski definition) is 1. The van der Waals surface area contributed by atoms with Gasteiger partial charge in [-0.15, -0.1) is 4.52 Å². The molecule has 0 saturated carbocycles. The number of hydroxylamine groups is 1. The summed E-state index contributed by atoms with van der Waals surface area (Å²) in [6, 6.07) is 0. The number of unbranched alkanes of at least 4 members (excludes halogenated alkanes) is 7. The van der Waals surface area contributed by atoms with Crippen LogP contribution in [0.25, 0.3) is 0 Å². The summed E-state index contributed by atoms with van der Waals surface area (Å²) in [6.07, 6.45) is 10.3. The fraction of sp³-hybridized carbons (Fsp3) is 1.00. The van der Waals surface area contributed by atoms with Gasteiger partial charge in [-0.3, -0.25) is 0 Å². The van der Waals surface area contributed by atoms with Gasteiger partial charge in [0.15, 0.2) is 0 Å². The number of nitrogens with one attached hydrogen (secondary N) is 1. The molecule has 150 valence electrons. The van der Waals surface area contributed by atoms with Crippen LogP contribution in [-0.4, -0.2) is 31.2 Å². The number of hydrogen-bond acceptors (Lipinski definition) is 5. The maximum atomic E-state index is 12.4. The Morgan fingerprint density at radius 2 is 1.40 bits per heavy atom. The van der Waals surface area contributed by atoms with Crippen molar-refractivity contribution < 1.29 is 18.7 Å². The first kappa shape index (κ1) is 24.9. The van der Waals surface area contributed by atoms with Gasteiger partial charge in [0, 0.05) is 19.9 Å². The molecule has 6 heteroatoms. The molecule has 0 fully saturated rings. The summed E-state index contributed by atoms with van der Waals surface area (Å²) in [7, 11) is -0.164. The van der Waals surface area contributed by atoms with Gasteiger partial charge in [0.25, 0.3) is 5.34 Å². The average molecular weight is 379 g/mol. The summed E-state index contributed by atoms with van der Waals surface area (Å²) in [5.74, 6) is 0. The van der Waals surface area contributed by atoms with E-state index in [1.807, 2.05) is 34.6 Å². The van der Waals surface area contributed by atoms with Gasteiger partial charge >= 0.3 is 8.03 Å². The van der Waals surface area contributed by atoms with Gasteiger partial charge in [-0.05, 0) is 38.2 Å². The molecule has 2 unspecified atom stereocenters. The van der Waals surface area contributed by atoms with Gasteiger partial charge in [-0.2, -0.15) is 0 Å². The van der Waals surface area contributed by atoms with Crippen LogP contribution < -0.4 is 5.48 Å². The molecule has 0 aromatic heterocycles. The first-order valence-electron chi connectivity index (χ1n) is 9.81. The van der Waals surface area contributed by atoms with E-state index in [2.05, 4.69) is 5.48 Å². The molecule has 0 heterocycles. The van der Waals surface area contributed by atoms with Crippen molar-refractivity contribution >= 4 is 8.03 Å². The van der Waals surface area contributed by atoms with E-state index in [9.17, 15) is 4.57 Å². The molecule has 0 aliphatic heterocycles. The maximum absolute atomic E-state index is 12.4. The van der Waals surface area contributed by atoms with Crippen LogP contribution in [-0.2, 0) is 18.7 Å². The fourth-order valence-corrected chi connectivity index (χ4v) is 3.82. The molecule has 0 aromatic rings. The third kappa shape index (κ3) is 13.8. The van der Waals surface area contributed by atoms with Crippen LogP contribution in [0.15, 0.2) is 0 Å². The van der Waals surface area contributed by atoms with Crippen molar-refractivity contribution in [3.05, 3.63) is 0 Å². The van der Waals surface area contributed by atoms with Crippen molar-refractivity contribution in [2.24, 2.45) is 0 Å². The molecule has 2 atom stereocenters. The molecule has 0 bridgehead atoms. The molecule has 5 nitrogen and oxygen atoms in total. The Morgan fingerprint density at radius 1 is 0.880 bits per heavy atom. The van der Waals surface area contributed by atoms with E-state index < -0.39 is 13.4 Å². The zero-order chi connectivity index (χ0) is 19.2. The molecule has 0 spiro atoms. The number of ether oxygens (including phenoxy) is 1. The molecular weight excluding hydrogens is 337 g/mol. The van der Waals surface area contributed by atoms with E-state index in [1.165, 1.54) is 38.5 Å². The molecule has 0 radical (unpaired) electrons. The minimum atomic E-state index is -1.82. The van der Waals surface area contributed by atoms with Crippen molar-refractivity contribution in [1.82, 2.24) is 5.48 Å². The molecule has 25 heavy (non-hydrogen) atoms. The van der Waals surface area contributed by atoms with Gasteiger partial charge in [0.1, 0.15) is 6.61 Å². The summed E-state index contributed by atoms with van der Waals surface area (Å²) in [4.78, 5) is 4.80. The zero-order valence-electron chi connectivity index (χ0n) is 17.4. The molecule has 0 aliphatic rings. The summed E-state index contributed by atoms with van der Waals surface area (Å²) < 4.78 is 24.0. The van der Waals surface area contributed by atoms with E-state index in [4.69, 9.17) is 14.1 Å². The van der Waals surface area contributed by atoms with E-state index in [0.717, 1.165) is 19.4 Å². The van der Waals surface area contributed by atoms with Crippen molar-refractivity contribution in [2.45, 2.75) is 103 Å². The average Bonchev–Trinajstić information content (AvgIpc) is 2.54. The Bertz CT molecular complexity index is 347. The molecule has 0 amide bonds. The standard InChI is InChI=1S/C19H41NO4P/c1-7-19(5,24-18(2,3)4)25(21)23-17-15-13-11-9-8-10-12-14-16-20-22-6/h20H,7-17H2,1-6H3/q+1. The lowest BCUT2D eigenvalue weighted by Crippen LogP contribution is -2.34. The third-order valence-electron chi connectivity index (χ3n) is 4.09. The zero-order valence-corrected chi connectivity index (χ0v) is 18.3. The second-order valence-electron chi connectivity index (χ2n) is 7.76.